The number of aliphatic hydroxyl groups excluding tert-OH is 3. The van der Waals surface area contributed by atoms with Crippen molar-refractivity contribution < 1.29 is 34.3 Å². The number of esters is 1. The second kappa shape index (κ2) is 22.0. The van der Waals surface area contributed by atoms with Crippen LogP contribution in [0.3, 0.4) is 0 Å². The maximum absolute atomic E-state index is 12.6. The molecule has 1 heterocycles. The van der Waals surface area contributed by atoms with Crippen LogP contribution in [-0.2, 0) is 19.0 Å². The lowest BCUT2D eigenvalue weighted by Gasteiger charge is -2.58. The van der Waals surface area contributed by atoms with Gasteiger partial charge in [0.2, 0.25) is 0 Å². The highest BCUT2D eigenvalue weighted by atomic mass is 16.7. The number of unbranched alkanes of at least 4 members (excludes halogenated alkanes) is 12. The number of rotatable bonds is 22. The molecule has 328 valence electrons. The van der Waals surface area contributed by atoms with Crippen molar-refractivity contribution in [3.05, 3.63) is 23.8 Å². The van der Waals surface area contributed by atoms with Crippen molar-refractivity contribution in [2.45, 2.75) is 227 Å². The molecule has 0 aromatic carbocycles. The van der Waals surface area contributed by atoms with Crippen LogP contribution in [0.25, 0.3) is 0 Å². The fourth-order valence-corrected chi connectivity index (χ4v) is 12.2. The molecule has 7 heteroatoms. The molecule has 0 aromatic rings. The van der Waals surface area contributed by atoms with E-state index in [0.29, 0.717) is 35.5 Å². The Morgan fingerprint density at radius 1 is 0.807 bits per heavy atom. The van der Waals surface area contributed by atoms with Gasteiger partial charge in [-0.2, -0.15) is 0 Å². The number of allylic oxidation sites excluding steroid dienone is 3. The monoisotopic (exact) mass is 799 g/mol. The third-order valence-corrected chi connectivity index (χ3v) is 16.4. The van der Waals surface area contributed by atoms with Crippen LogP contribution in [0, 0.1) is 52.3 Å². The number of hydrogen-bond acceptors (Lipinski definition) is 7. The maximum Gasteiger partial charge on any atom is 0.305 e. The van der Waals surface area contributed by atoms with E-state index in [1.807, 2.05) is 0 Å². The number of carbonyl (C=O) groups excluding carboxylic acids is 1. The predicted octanol–water partition coefficient (Wildman–Crippen LogP) is 11.3. The Kier molecular flexibility index (Phi) is 18.1. The Morgan fingerprint density at radius 3 is 2.11 bits per heavy atom. The highest BCUT2D eigenvalue weighted by Gasteiger charge is 2.59. The molecule has 57 heavy (non-hydrogen) atoms. The standard InChI is InChI=1S/C50H86O7/c1-8-9-10-11-12-13-14-15-16-17-18-19-20-21-44(51)55-33-43-45(52)46(53)47(54)48(57-43)56-38-28-30-49(6)37(32-38)24-25-39-41-27-26-40(50(41,7)31-29-42(39)49)36(5)23-22-35(4)34(2)3/h22-24,34-36,38-43,45-48,52-54H,8-21,25-33H2,1-7H3/b23-22+. The summed E-state index contributed by atoms with van der Waals surface area (Å²) in [6.07, 6.45) is 26.8. The summed E-state index contributed by atoms with van der Waals surface area (Å²) >= 11 is 0. The largest absolute Gasteiger partial charge is 0.463 e. The van der Waals surface area contributed by atoms with Crippen LogP contribution in [0.1, 0.15) is 190 Å². The second-order valence-corrected chi connectivity index (χ2v) is 20.5. The number of ether oxygens (including phenoxy) is 3. The zero-order valence-electron chi connectivity index (χ0n) is 37.5. The van der Waals surface area contributed by atoms with E-state index in [0.717, 1.165) is 62.7 Å². The second-order valence-electron chi connectivity index (χ2n) is 20.5. The highest BCUT2D eigenvalue weighted by Crippen LogP contribution is 2.67. The van der Waals surface area contributed by atoms with Crippen molar-refractivity contribution in [2.24, 2.45) is 52.3 Å². The van der Waals surface area contributed by atoms with Gasteiger partial charge in [-0.3, -0.25) is 4.79 Å². The average molecular weight is 799 g/mol. The van der Waals surface area contributed by atoms with E-state index in [9.17, 15) is 20.1 Å². The number of aliphatic hydroxyl groups is 3. The normalized spacial score (nSPS) is 37.7. The Morgan fingerprint density at radius 2 is 1.46 bits per heavy atom. The molecule has 5 rings (SSSR count). The molecule has 4 aliphatic carbocycles. The van der Waals surface area contributed by atoms with Crippen LogP contribution in [0.15, 0.2) is 23.8 Å². The Balaban J connectivity index is 1.04. The first-order valence-electron chi connectivity index (χ1n) is 24.2. The molecule has 0 radical (unpaired) electrons. The molecule has 3 saturated carbocycles. The average Bonchev–Trinajstić information content (AvgIpc) is 3.55. The van der Waals surface area contributed by atoms with Gasteiger partial charge in [0.25, 0.3) is 0 Å². The van der Waals surface area contributed by atoms with Crippen LogP contribution < -0.4 is 0 Å². The number of carbonyl (C=O) groups is 1. The molecule has 7 nitrogen and oxygen atoms in total. The highest BCUT2D eigenvalue weighted by molar-refractivity contribution is 5.69. The fourth-order valence-electron chi connectivity index (χ4n) is 12.2. The SMILES string of the molecule is CCCCCCCCCCCCCCCC(=O)OCC1OC(OC2CCC3(C)C(=CCC4C3CCC3(C)C(C(C)/C=C/C(C)C(C)C)CCC43)C2)C(O)C(O)C1O. The van der Waals surface area contributed by atoms with E-state index < -0.39 is 30.7 Å². The van der Waals surface area contributed by atoms with Gasteiger partial charge < -0.3 is 29.5 Å². The Hall–Kier alpha value is -1.25. The van der Waals surface area contributed by atoms with Gasteiger partial charge in [0, 0.05) is 6.42 Å². The van der Waals surface area contributed by atoms with Gasteiger partial charge in [-0.1, -0.05) is 149 Å². The Bertz CT molecular complexity index is 1280. The van der Waals surface area contributed by atoms with Crippen molar-refractivity contribution >= 4 is 5.97 Å². The van der Waals surface area contributed by atoms with E-state index >= 15 is 0 Å². The van der Waals surface area contributed by atoms with Crippen LogP contribution in [0.2, 0.25) is 0 Å². The van der Waals surface area contributed by atoms with Crippen LogP contribution >= 0.6 is 0 Å². The minimum atomic E-state index is -1.44. The molecule has 4 fully saturated rings. The molecule has 3 N–H and O–H groups in total. The molecule has 1 saturated heterocycles. The van der Waals surface area contributed by atoms with Crippen molar-refractivity contribution in [3.63, 3.8) is 0 Å². The summed E-state index contributed by atoms with van der Waals surface area (Å²) in [4.78, 5) is 12.6. The van der Waals surface area contributed by atoms with Crippen molar-refractivity contribution in [3.8, 4) is 0 Å². The third-order valence-electron chi connectivity index (χ3n) is 16.4. The molecule has 5 aliphatic rings. The van der Waals surface area contributed by atoms with Crippen LogP contribution in [0.4, 0.5) is 0 Å². The van der Waals surface area contributed by atoms with Crippen molar-refractivity contribution in [1.82, 2.24) is 0 Å². The summed E-state index contributed by atoms with van der Waals surface area (Å²) in [6.45, 7) is 16.7. The van der Waals surface area contributed by atoms with Gasteiger partial charge in [-0.25, -0.2) is 0 Å². The van der Waals surface area contributed by atoms with Gasteiger partial charge in [-0.05, 0) is 110 Å². The summed E-state index contributed by atoms with van der Waals surface area (Å²) in [6, 6.07) is 0. The predicted molar refractivity (Wildman–Crippen MR) is 230 cm³/mol. The zero-order chi connectivity index (χ0) is 41.2. The van der Waals surface area contributed by atoms with Gasteiger partial charge in [-0.15, -0.1) is 0 Å². The summed E-state index contributed by atoms with van der Waals surface area (Å²) in [5.74, 6) is 4.56. The summed E-state index contributed by atoms with van der Waals surface area (Å²) < 4.78 is 18.0. The quantitative estimate of drug-likeness (QED) is 0.0569. The topological polar surface area (TPSA) is 105 Å². The lowest BCUT2D eigenvalue weighted by Crippen LogP contribution is -2.60. The molecular formula is C50H86O7. The summed E-state index contributed by atoms with van der Waals surface area (Å²) in [5, 5.41) is 32.5. The van der Waals surface area contributed by atoms with Gasteiger partial charge >= 0.3 is 5.97 Å². The van der Waals surface area contributed by atoms with Crippen LogP contribution in [0.5, 0.6) is 0 Å². The summed E-state index contributed by atoms with van der Waals surface area (Å²) in [5.41, 5.74) is 2.05. The first-order valence-corrected chi connectivity index (χ1v) is 24.2. The maximum atomic E-state index is 12.6. The minimum Gasteiger partial charge on any atom is -0.463 e. The number of fused-ring (bicyclic) bond motifs is 5. The first kappa shape index (κ1) is 46.8. The molecule has 1 aliphatic heterocycles. The lowest BCUT2D eigenvalue weighted by atomic mass is 9.47. The molecule has 0 amide bonds. The third kappa shape index (κ3) is 11.8. The van der Waals surface area contributed by atoms with E-state index in [1.165, 1.54) is 95.5 Å². The summed E-state index contributed by atoms with van der Waals surface area (Å²) in [7, 11) is 0. The molecular weight excluding hydrogens is 713 g/mol. The molecule has 0 spiro atoms. The van der Waals surface area contributed by atoms with Crippen molar-refractivity contribution in [1.29, 1.82) is 0 Å². The van der Waals surface area contributed by atoms with E-state index in [1.54, 1.807) is 0 Å². The van der Waals surface area contributed by atoms with E-state index in [4.69, 9.17) is 14.2 Å². The van der Waals surface area contributed by atoms with Crippen molar-refractivity contribution in [2.75, 3.05) is 6.61 Å². The van der Waals surface area contributed by atoms with Crippen LogP contribution in [-0.4, -0.2) is 64.7 Å². The lowest BCUT2D eigenvalue weighted by molar-refractivity contribution is -0.313. The first-order chi connectivity index (χ1) is 27.3. The number of hydrogen-bond donors (Lipinski definition) is 3. The molecule has 14 unspecified atom stereocenters. The van der Waals surface area contributed by atoms with Gasteiger partial charge in [0.1, 0.15) is 31.0 Å². The van der Waals surface area contributed by atoms with Gasteiger partial charge in [0.15, 0.2) is 6.29 Å². The Labute approximate surface area is 348 Å². The van der Waals surface area contributed by atoms with E-state index in [2.05, 4.69) is 66.7 Å². The zero-order valence-corrected chi connectivity index (χ0v) is 37.5. The molecule has 14 atom stereocenters. The minimum absolute atomic E-state index is 0.146. The smallest absolute Gasteiger partial charge is 0.305 e. The molecule has 0 bridgehead atoms. The molecule has 0 aromatic heterocycles. The van der Waals surface area contributed by atoms with E-state index in [-0.39, 0.29) is 24.1 Å². The fraction of sp³-hybridized carbons (Fsp3) is 0.900. The van der Waals surface area contributed by atoms with Gasteiger partial charge in [0.05, 0.1) is 6.10 Å².